The average molecular weight is 708 g/mol. The van der Waals surface area contributed by atoms with Crippen LogP contribution in [0.3, 0.4) is 0 Å². The fourth-order valence-corrected chi connectivity index (χ4v) is 9.40. The van der Waals surface area contributed by atoms with Gasteiger partial charge < -0.3 is 4.42 Å². The third-order valence-corrected chi connectivity index (χ3v) is 11.9. The molecule has 0 bridgehead atoms. The van der Waals surface area contributed by atoms with Crippen LogP contribution >= 0.6 is 0 Å². The minimum Gasteiger partial charge on any atom is -0.456 e. The molecule has 4 nitrogen and oxygen atoms in total. The van der Waals surface area contributed by atoms with E-state index in [1.807, 2.05) is 24.3 Å². The van der Waals surface area contributed by atoms with Crippen LogP contribution in [0.2, 0.25) is 0 Å². The summed E-state index contributed by atoms with van der Waals surface area (Å²) >= 11 is 0. The van der Waals surface area contributed by atoms with Gasteiger partial charge in [0.25, 0.3) is 0 Å². The van der Waals surface area contributed by atoms with Crippen molar-refractivity contribution in [1.29, 1.82) is 0 Å². The molecule has 0 N–H and O–H groups in total. The first-order chi connectivity index (χ1) is 27.2. The summed E-state index contributed by atoms with van der Waals surface area (Å²) in [7, 11) is 0. The maximum Gasteiger partial charge on any atom is 0.164 e. The highest BCUT2D eigenvalue weighted by Crippen LogP contribution is 2.58. The molecule has 9 aromatic rings. The molecule has 2 aliphatic rings. The molecule has 7 aromatic carbocycles. The zero-order valence-corrected chi connectivity index (χ0v) is 30.4. The van der Waals surface area contributed by atoms with Gasteiger partial charge in [-0.05, 0) is 87.7 Å². The van der Waals surface area contributed by atoms with Crippen molar-refractivity contribution in [3.05, 3.63) is 175 Å². The van der Waals surface area contributed by atoms with E-state index >= 15 is 0 Å². The molecule has 2 aliphatic carbocycles. The van der Waals surface area contributed by atoms with Crippen molar-refractivity contribution < 1.29 is 4.42 Å². The Morgan fingerprint density at radius 2 is 0.945 bits per heavy atom. The highest BCUT2D eigenvalue weighted by atomic mass is 16.3. The van der Waals surface area contributed by atoms with Crippen molar-refractivity contribution in [1.82, 2.24) is 15.0 Å². The fraction of sp³-hybridized carbons (Fsp3) is 0.118. The summed E-state index contributed by atoms with van der Waals surface area (Å²) in [5, 5.41) is 2.17. The molecule has 0 saturated heterocycles. The van der Waals surface area contributed by atoms with Gasteiger partial charge in [0.2, 0.25) is 0 Å². The van der Waals surface area contributed by atoms with Crippen molar-refractivity contribution in [2.75, 3.05) is 0 Å². The number of furan rings is 1. The van der Waals surface area contributed by atoms with E-state index < -0.39 is 0 Å². The van der Waals surface area contributed by atoms with E-state index in [4.69, 9.17) is 19.4 Å². The predicted molar refractivity (Wildman–Crippen MR) is 224 cm³/mol. The lowest BCUT2D eigenvalue weighted by Gasteiger charge is -2.37. The second kappa shape index (κ2) is 12.7. The molecule has 0 amide bonds. The van der Waals surface area contributed by atoms with Gasteiger partial charge in [0.1, 0.15) is 11.2 Å². The molecule has 2 aromatic heterocycles. The Kier molecular flexibility index (Phi) is 7.38. The number of hydrogen-bond donors (Lipinski definition) is 0. The van der Waals surface area contributed by atoms with Crippen LogP contribution in [-0.2, 0) is 5.41 Å². The third-order valence-electron chi connectivity index (χ3n) is 11.9. The molecule has 0 unspecified atom stereocenters. The maximum absolute atomic E-state index is 6.31. The first-order valence-corrected chi connectivity index (χ1v) is 19.4. The van der Waals surface area contributed by atoms with Crippen LogP contribution in [0.5, 0.6) is 0 Å². The van der Waals surface area contributed by atoms with Crippen molar-refractivity contribution >= 4 is 21.9 Å². The Hall–Kier alpha value is -6.65. The Balaban J connectivity index is 1.08. The number of aromatic nitrogens is 3. The second-order valence-corrected chi connectivity index (χ2v) is 15.1. The molecule has 262 valence electrons. The van der Waals surface area contributed by atoms with Gasteiger partial charge >= 0.3 is 0 Å². The van der Waals surface area contributed by atoms with Crippen LogP contribution < -0.4 is 0 Å². The molecule has 4 heteroatoms. The average Bonchev–Trinajstić information content (AvgIpc) is 3.77. The molecular formula is C51H37N3O. The monoisotopic (exact) mass is 707 g/mol. The number of rotatable bonds is 5. The van der Waals surface area contributed by atoms with Gasteiger partial charge in [-0.15, -0.1) is 0 Å². The van der Waals surface area contributed by atoms with Crippen molar-refractivity contribution in [3.63, 3.8) is 0 Å². The van der Waals surface area contributed by atoms with Gasteiger partial charge in [0, 0.05) is 32.9 Å². The van der Waals surface area contributed by atoms with E-state index in [-0.39, 0.29) is 5.41 Å². The lowest BCUT2D eigenvalue weighted by atomic mass is 9.66. The van der Waals surface area contributed by atoms with E-state index in [9.17, 15) is 0 Å². The Morgan fingerprint density at radius 3 is 1.75 bits per heavy atom. The Bertz CT molecular complexity index is 2920. The van der Waals surface area contributed by atoms with Crippen LogP contribution in [0.15, 0.2) is 168 Å². The van der Waals surface area contributed by atoms with Crippen LogP contribution in [0.25, 0.3) is 89.5 Å². The number of hydrogen-bond acceptors (Lipinski definition) is 4. The predicted octanol–water partition coefficient (Wildman–Crippen LogP) is 13.3. The van der Waals surface area contributed by atoms with Crippen molar-refractivity contribution in [3.8, 4) is 67.5 Å². The summed E-state index contributed by atoms with van der Waals surface area (Å²) in [5.41, 5.74) is 15.0. The molecule has 1 spiro atoms. The van der Waals surface area contributed by atoms with Gasteiger partial charge in [-0.25, -0.2) is 15.0 Å². The largest absolute Gasteiger partial charge is 0.456 e. The molecular weight excluding hydrogens is 671 g/mol. The van der Waals surface area contributed by atoms with E-state index in [0.717, 1.165) is 49.8 Å². The topological polar surface area (TPSA) is 51.8 Å². The van der Waals surface area contributed by atoms with Crippen LogP contribution in [0, 0.1) is 0 Å². The quantitative estimate of drug-likeness (QED) is 0.179. The summed E-state index contributed by atoms with van der Waals surface area (Å²) < 4.78 is 6.31. The number of nitrogens with zero attached hydrogens (tertiary/aromatic N) is 3. The minimum atomic E-state index is 0.0450. The van der Waals surface area contributed by atoms with E-state index in [0.29, 0.717) is 17.5 Å². The van der Waals surface area contributed by atoms with Gasteiger partial charge in [0.15, 0.2) is 17.5 Å². The zero-order chi connectivity index (χ0) is 36.3. The van der Waals surface area contributed by atoms with Gasteiger partial charge in [-0.3, -0.25) is 0 Å². The standard InChI is InChI=1S/C51H37N3O/c1-3-14-33(15-4-1)34-16-11-18-36(30-34)48-52-49(54-50(53-48)38-26-27-42-41-21-6-8-25-45(41)55-46(42)32-38)37-19-12-17-35(31-37)39-22-13-23-43-40-20-5-7-24-44(40)51(47(39)43)28-9-2-10-29-51/h1,3-8,11-27,30-32H,2,9-10,28-29H2. The number of fused-ring (bicyclic) bond motifs is 8. The smallest absolute Gasteiger partial charge is 0.164 e. The SMILES string of the molecule is c1ccc(-c2cccc(-c3nc(-c4cccc(-c5cccc6c5C5(CCCCC5)c5ccccc5-6)c4)nc(-c4ccc5c(c4)oc4ccccc45)n3)c2)cc1. The summed E-state index contributed by atoms with van der Waals surface area (Å²) in [6, 6.07) is 58.2. The maximum atomic E-state index is 6.31. The van der Waals surface area contributed by atoms with Gasteiger partial charge in [-0.2, -0.15) is 0 Å². The number of benzene rings is 7. The second-order valence-electron chi connectivity index (χ2n) is 15.1. The van der Waals surface area contributed by atoms with Crippen molar-refractivity contribution in [2.45, 2.75) is 37.5 Å². The third kappa shape index (κ3) is 5.24. The Labute approximate surface area is 320 Å². The normalized spacial score (nSPS) is 14.3. The molecule has 11 rings (SSSR count). The highest BCUT2D eigenvalue weighted by Gasteiger charge is 2.45. The Morgan fingerprint density at radius 1 is 0.382 bits per heavy atom. The summed E-state index contributed by atoms with van der Waals surface area (Å²) in [6.07, 6.45) is 6.18. The first kappa shape index (κ1) is 31.8. The zero-order valence-electron chi connectivity index (χ0n) is 30.4. The molecule has 2 heterocycles. The lowest BCUT2D eigenvalue weighted by Crippen LogP contribution is -2.28. The van der Waals surface area contributed by atoms with Crippen LogP contribution in [-0.4, -0.2) is 15.0 Å². The molecule has 1 fully saturated rings. The molecule has 1 saturated carbocycles. The highest BCUT2D eigenvalue weighted by molar-refractivity contribution is 6.05. The van der Waals surface area contributed by atoms with E-state index in [1.54, 1.807) is 0 Å². The molecule has 0 aliphatic heterocycles. The van der Waals surface area contributed by atoms with Gasteiger partial charge in [-0.1, -0.05) is 153 Å². The molecule has 0 atom stereocenters. The minimum absolute atomic E-state index is 0.0450. The molecule has 0 radical (unpaired) electrons. The van der Waals surface area contributed by atoms with Crippen molar-refractivity contribution in [2.24, 2.45) is 0 Å². The van der Waals surface area contributed by atoms with E-state index in [2.05, 4.69) is 140 Å². The van der Waals surface area contributed by atoms with E-state index in [1.165, 1.54) is 65.5 Å². The summed E-state index contributed by atoms with van der Waals surface area (Å²) in [4.78, 5) is 15.5. The van der Waals surface area contributed by atoms with Gasteiger partial charge in [0.05, 0.1) is 0 Å². The lowest BCUT2D eigenvalue weighted by molar-refractivity contribution is 0.353. The fourth-order valence-electron chi connectivity index (χ4n) is 9.40. The number of para-hydroxylation sites is 1. The van der Waals surface area contributed by atoms with Crippen LogP contribution in [0.4, 0.5) is 0 Å². The summed E-state index contributed by atoms with van der Waals surface area (Å²) in [6.45, 7) is 0. The van der Waals surface area contributed by atoms with Crippen LogP contribution in [0.1, 0.15) is 43.2 Å². The summed E-state index contributed by atoms with van der Waals surface area (Å²) in [5.74, 6) is 1.88. The first-order valence-electron chi connectivity index (χ1n) is 19.4. The molecule has 55 heavy (non-hydrogen) atoms.